The molecule has 9 nitrogen and oxygen atoms in total. The smallest absolute Gasteiger partial charge is 0.160 e. The summed E-state index contributed by atoms with van der Waals surface area (Å²) < 4.78 is 17.4. The largest absolute Gasteiger partial charge is 0.454 e. The lowest BCUT2D eigenvalue weighted by Crippen LogP contribution is -2.03. The standard InChI is InChI=1S/C61H31N7O2/c62-32-38-30-36(22-28-49(38)67-51-18-8-4-14-40(51)44-24-26-46-42-16-6-10-20-53(42)69-59(46)57(44)67)55-48(34-64)56(66-61(65-55)35-12-2-1-3-13-35)37-23-29-50(39(31-37)33-63)68-52-19-9-5-15-41(52)45-25-27-47-43-17-7-11-21-54(43)70-60(47)58(45)68/h1-31H. The molecule has 0 radical (unpaired) electrons. The van der Waals surface area contributed by atoms with Crippen LogP contribution in [-0.2, 0) is 0 Å². The third-order valence-corrected chi connectivity index (χ3v) is 13.7. The average Bonchev–Trinajstić information content (AvgIpc) is 4.18. The molecule has 0 amide bonds. The van der Waals surface area contributed by atoms with Gasteiger partial charge in [-0.25, -0.2) is 9.97 Å². The Bertz CT molecular complexity index is 4430. The summed E-state index contributed by atoms with van der Waals surface area (Å²) in [6.07, 6.45) is 0. The molecule has 0 bridgehead atoms. The monoisotopic (exact) mass is 893 g/mol. The van der Waals surface area contributed by atoms with Gasteiger partial charge in [-0.2, -0.15) is 15.8 Å². The van der Waals surface area contributed by atoms with Crippen LogP contribution in [0.2, 0.25) is 0 Å². The van der Waals surface area contributed by atoms with Crippen LogP contribution in [0.25, 0.3) is 133 Å². The number of rotatable bonds is 5. The predicted molar refractivity (Wildman–Crippen MR) is 276 cm³/mol. The highest BCUT2D eigenvalue weighted by molar-refractivity contribution is 6.23. The van der Waals surface area contributed by atoms with Crippen molar-refractivity contribution in [2.75, 3.05) is 0 Å². The molecule has 0 saturated carbocycles. The molecule has 0 aliphatic rings. The molecule has 322 valence electrons. The summed E-state index contributed by atoms with van der Waals surface area (Å²) >= 11 is 0. The van der Waals surface area contributed by atoms with Crippen LogP contribution in [0, 0.1) is 34.0 Å². The Morgan fingerprint density at radius 1 is 0.371 bits per heavy atom. The molecule has 9 aromatic carbocycles. The number of furan rings is 2. The summed E-state index contributed by atoms with van der Waals surface area (Å²) in [5.41, 5.74) is 11.4. The molecular formula is C61H31N7O2. The fourth-order valence-corrected chi connectivity index (χ4v) is 10.6. The average molecular weight is 894 g/mol. The third kappa shape index (κ3) is 5.50. The van der Waals surface area contributed by atoms with Gasteiger partial charge in [-0.1, -0.05) is 127 Å². The van der Waals surface area contributed by atoms with Gasteiger partial charge in [0.25, 0.3) is 0 Å². The fraction of sp³-hybridized carbons (Fsp3) is 0. The number of hydrogen-bond donors (Lipinski definition) is 0. The number of para-hydroxylation sites is 4. The highest BCUT2D eigenvalue weighted by atomic mass is 16.3. The second-order valence-corrected chi connectivity index (χ2v) is 17.4. The van der Waals surface area contributed by atoms with Gasteiger partial charge >= 0.3 is 0 Å². The third-order valence-electron chi connectivity index (χ3n) is 13.7. The van der Waals surface area contributed by atoms with E-state index in [1.54, 1.807) is 12.1 Å². The van der Waals surface area contributed by atoms with Crippen molar-refractivity contribution in [3.8, 4) is 63.5 Å². The predicted octanol–water partition coefficient (Wildman–Crippen LogP) is 15.1. The van der Waals surface area contributed by atoms with Crippen LogP contribution >= 0.6 is 0 Å². The molecule has 70 heavy (non-hydrogen) atoms. The molecule has 0 aliphatic heterocycles. The van der Waals surface area contributed by atoms with Crippen molar-refractivity contribution >= 4 is 87.5 Å². The normalized spacial score (nSPS) is 11.7. The number of nitriles is 3. The molecule has 0 aliphatic carbocycles. The maximum atomic E-state index is 11.2. The van der Waals surface area contributed by atoms with E-state index in [0.29, 0.717) is 50.8 Å². The first-order valence-electron chi connectivity index (χ1n) is 22.7. The number of aromatic nitrogens is 4. The van der Waals surface area contributed by atoms with Crippen LogP contribution in [0.3, 0.4) is 0 Å². The van der Waals surface area contributed by atoms with Crippen LogP contribution in [-0.4, -0.2) is 19.1 Å². The van der Waals surface area contributed by atoms with Gasteiger partial charge in [-0.05, 0) is 60.7 Å². The van der Waals surface area contributed by atoms with E-state index in [4.69, 9.17) is 18.8 Å². The summed E-state index contributed by atoms with van der Waals surface area (Å²) in [6, 6.07) is 69.0. The van der Waals surface area contributed by atoms with E-state index in [9.17, 15) is 15.8 Å². The van der Waals surface area contributed by atoms with Crippen molar-refractivity contribution in [2.24, 2.45) is 0 Å². The molecule has 0 N–H and O–H groups in total. The van der Waals surface area contributed by atoms with Crippen molar-refractivity contribution in [3.63, 3.8) is 0 Å². The SMILES string of the molecule is N#Cc1cc(-c2nc(-c3ccccc3)nc(-c3ccc(-n4c5ccccc5c5ccc6c7ccccc7oc6c54)c(C#N)c3)c2C#N)ccc1-n1c2ccccc2c2ccc3c4ccccc4oc3c21. The van der Waals surface area contributed by atoms with E-state index in [2.05, 4.69) is 88.0 Å². The molecule has 0 spiro atoms. The minimum atomic E-state index is 0.203. The first kappa shape index (κ1) is 38.9. The highest BCUT2D eigenvalue weighted by Gasteiger charge is 2.25. The minimum absolute atomic E-state index is 0.203. The van der Waals surface area contributed by atoms with E-state index in [-0.39, 0.29) is 5.56 Å². The zero-order valence-electron chi connectivity index (χ0n) is 36.8. The topological polar surface area (TPSA) is 133 Å². The molecule has 0 saturated heterocycles. The summed E-state index contributed by atoms with van der Waals surface area (Å²) in [7, 11) is 0. The molecule has 14 aromatic rings. The summed E-state index contributed by atoms with van der Waals surface area (Å²) in [5, 5.41) is 41.2. The van der Waals surface area contributed by atoms with Crippen molar-refractivity contribution < 1.29 is 8.83 Å². The number of benzene rings is 9. The molecule has 14 rings (SSSR count). The Hall–Kier alpha value is -10.3. The molecule has 0 unspecified atom stereocenters. The summed E-state index contributed by atoms with van der Waals surface area (Å²) in [4.78, 5) is 10.1. The van der Waals surface area contributed by atoms with Gasteiger partial charge in [-0.3, -0.25) is 0 Å². The maximum Gasteiger partial charge on any atom is 0.160 e. The lowest BCUT2D eigenvalue weighted by molar-refractivity contribution is 0.670. The zero-order valence-corrected chi connectivity index (χ0v) is 36.8. The Balaban J connectivity index is 0.974. The second kappa shape index (κ2) is 14.9. The van der Waals surface area contributed by atoms with Gasteiger partial charge in [0.1, 0.15) is 34.9 Å². The van der Waals surface area contributed by atoms with Gasteiger partial charge in [0.15, 0.2) is 17.0 Å². The van der Waals surface area contributed by atoms with Gasteiger partial charge in [-0.15, -0.1) is 0 Å². The first-order chi connectivity index (χ1) is 34.6. The lowest BCUT2D eigenvalue weighted by Gasteiger charge is -2.16. The van der Waals surface area contributed by atoms with Gasteiger partial charge in [0, 0.05) is 59.8 Å². The molecule has 5 aromatic heterocycles. The van der Waals surface area contributed by atoms with Crippen LogP contribution in [0.15, 0.2) is 197 Å². The van der Waals surface area contributed by atoms with Crippen molar-refractivity contribution in [2.45, 2.75) is 0 Å². The molecular weight excluding hydrogens is 863 g/mol. The van der Waals surface area contributed by atoms with E-state index in [0.717, 1.165) is 93.1 Å². The molecule has 0 atom stereocenters. The van der Waals surface area contributed by atoms with Gasteiger partial charge in [0.05, 0.1) is 56.0 Å². The van der Waals surface area contributed by atoms with Crippen LogP contribution < -0.4 is 0 Å². The molecule has 5 heterocycles. The summed E-state index contributed by atoms with van der Waals surface area (Å²) in [5.74, 6) is 0.388. The highest BCUT2D eigenvalue weighted by Crippen LogP contribution is 2.44. The minimum Gasteiger partial charge on any atom is -0.454 e. The number of nitrogens with zero attached hydrogens (tertiary/aromatic N) is 7. The Labute approximate surface area is 397 Å². The Morgan fingerprint density at radius 2 is 0.800 bits per heavy atom. The number of hydrogen-bond acceptors (Lipinski definition) is 7. The van der Waals surface area contributed by atoms with E-state index in [1.807, 2.05) is 115 Å². The van der Waals surface area contributed by atoms with Gasteiger partial charge in [0.2, 0.25) is 0 Å². The van der Waals surface area contributed by atoms with Crippen molar-refractivity contribution in [1.82, 2.24) is 19.1 Å². The maximum absolute atomic E-state index is 11.2. The van der Waals surface area contributed by atoms with Crippen LogP contribution in [0.5, 0.6) is 0 Å². The second-order valence-electron chi connectivity index (χ2n) is 17.4. The first-order valence-corrected chi connectivity index (χ1v) is 22.7. The van der Waals surface area contributed by atoms with E-state index >= 15 is 0 Å². The van der Waals surface area contributed by atoms with Crippen molar-refractivity contribution in [1.29, 1.82) is 15.8 Å². The fourth-order valence-electron chi connectivity index (χ4n) is 10.6. The van der Waals surface area contributed by atoms with E-state index < -0.39 is 0 Å². The van der Waals surface area contributed by atoms with Crippen LogP contribution in [0.1, 0.15) is 16.7 Å². The molecule has 9 heteroatoms. The summed E-state index contributed by atoms with van der Waals surface area (Å²) in [6.45, 7) is 0. The number of fused-ring (bicyclic) bond motifs is 14. The van der Waals surface area contributed by atoms with E-state index in [1.165, 1.54) is 0 Å². The Morgan fingerprint density at radius 3 is 1.27 bits per heavy atom. The lowest BCUT2D eigenvalue weighted by atomic mass is 9.97. The van der Waals surface area contributed by atoms with Gasteiger partial charge < -0.3 is 18.0 Å². The van der Waals surface area contributed by atoms with Crippen LogP contribution in [0.4, 0.5) is 0 Å². The quantitative estimate of drug-likeness (QED) is 0.168. The van der Waals surface area contributed by atoms with Crippen molar-refractivity contribution in [3.05, 3.63) is 205 Å². The zero-order chi connectivity index (χ0) is 46.6. The molecule has 0 fully saturated rings. The Kier molecular flexibility index (Phi) is 8.27.